The van der Waals surface area contributed by atoms with Crippen LogP contribution in [0.25, 0.3) is 0 Å². The van der Waals surface area contributed by atoms with Gasteiger partial charge in [0.2, 0.25) is 5.91 Å². The average molecular weight is 221 g/mol. The molecule has 1 aliphatic heterocycles. The molecule has 15 heavy (non-hydrogen) atoms. The van der Waals surface area contributed by atoms with Crippen LogP contribution in [0.5, 0.6) is 0 Å². The van der Waals surface area contributed by atoms with Crippen molar-refractivity contribution in [2.45, 2.75) is 12.8 Å². The lowest BCUT2D eigenvalue weighted by molar-refractivity contribution is -0.117. The van der Waals surface area contributed by atoms with E-state index in [9.17, 15) is 4.79 Å². The van der Waals surface area contributed by atoms with E-state index in [0.717, 1.165) is 6.42 Å². The highest BCUT2D eigenvalue weighted by atomic mass is 35.5. The summed E-state index contributed by atoms with van der Waals surface area (Å²) in [7, 11) is 0. The van der Waals surface area contributed by atoms with Crippen molar-refractivity contribution in [1.29, 1.82) is 5.26 Å². The molecule has 1 amide bonds. The van der Waals surface area contributed by atoms with Crippen LogP contribution in [0.2, 0.25) is 5.02 Å². The quantitative estimate of drug-likeness (QED) is 0.729. The summed E-state index contributed by atoms with van der Waals surface area (Å²) in [4.78, 5) is 13.2. The third-order valence-corrected chi connectivity index (χ3v) is 2.76. The van der Waals surface area contributed by atoms with Gasteiger partial charge in [0.05, 0.1) is 16.3 Å². The van der Waals surface area contributed by atoms with Crippen molar-refractivity contribution >= 4 is 23.2 Å². The molecule has 0 aromatic heterocycles. The number of carbonyl (C=O) groups is 1. The molecular weight excluding hydrogens is 212 g/mol. The number of nitrogens with zero attached hydrogens (tertiary/aromatic N) is 2. The van der Waals surface area contributed by atoms with Gasteiger partial charge in [-0.3, -0.25) is 4.79 Å². The molecule has 1 aliphatic rings. The standard InChI is InChI=1S/C11H9ClN2O/c12-9-4-1-3-8(7-13)11(9)14-6-2-5-10(14)15/h1,3-4H,2,5-6H2. The second-order valence-corrected chi connectivity index (χ2v) is 3.80. The Bertz CT molecular complexity index is 450. The van der Waals surface area contributed by atoms with Crippen LogP contribution < -0.4 is 4.90 Å². The van der Waals surface area contributed by atoms with Crippen molar-refractivity contribution in [3.8, 4) is 6.07 Å². The number of hydrogen-bond donors (Lipinski definition) is 0. The number of benzene rings is 1. The SMILES string of the molecule is N#Cc1cccc(Cl)c1N1CCCC1=O. The van der Waals surface area contributed by atoms with Gasteiger partial charge in [-0.1, -0.05) is 17.7 Å². The smallest absolute Gasteiger partial charge is 0.227 e. The minimum Gasteiger partial charge on any atom is -0.310 e. The Labute approximate surface area is 92.9 Å². The highest BCUT2D eigenvalue weighted by molar-refractivity contribution is 6.34. The monoisotopic (exact) mass is 220 g/mol. The van der Waals surface area contributed by atoms with Gasteiger partial charge in [-0.05, 0) is 18.6 Å². The molecule has 0 saturated carbocycles. The molecule has 3 nitrogen and oxygen atoms in total. The molecule has 0 unspecified atom stereocenters. The van der Waals surface area contributed by atoms with Gasteiger partial charge in [-0.25, -0.2) is 0 Å². The van der Waals surface area contributed by atoms with E-state index in [0.29, 0.717) is 29.2 Å². The Hall–Kier alpha value is -1.53. The number of amides is 1. The number of para-hydroxylation sites is 1. The van der Waals surface area contributed by atoms with Crippen molar-refractivity contribution in [2.75, 3.05) is 11.4 Å². The maximum atomic E-state index is 11.6. The third-order valence-electron chi connectivity index (χ3n) is 2.45. The number of nitriles is 1. The summed E-state index contributed by atoms with van der Waals surface area (Å²) in [5.74, 6) is 0.0413. The van der Waals surface area contributed by atoms with Gasteiger partial charge in [0, 0.05) is 13.0 Å². The summed E-state index contributed by atoms with van der Waals surface area (Å²) in [5, 5.41) is 9.41. The number of rotatable bonds is 1. The topological polar surface area (TPSA) is 44.1 Å². The van der Waals surface area contributed by atoms with E-state index in [2.05, 4.69) is 6.07 Å². The first-order valence-corrected chi connectivity index (χ1v) is 5.11. The van der Waals surface area contributed by atoms with Crippen LogP contribution in [0.3, 0.4) is 0 Å². The summed E-state index contributed by atoms with van der Waals surface area (Å²) in [6.45, 7) is 0.650. The molecule has 2 rings (SSSR count). The average Bonchev–Trinajstić information content (AvgIpc) is 2.64. The molecule has 1 heterocycles. The maximum Gasteiger partial charge on any atom is 0.227 e. The molecule has 4 heteroatoms. The van der Waals surface area contributed by atoms with E-state index in [-0.39, 0.29) is 5.91 Å². The molecule has 1 fully saturated rings. The van der Waals surface area contributed by atoms with Crippen molar-refractivity contribution in [3.63, 3.8) is 0 Å². The normalized spacial score (nSPS) is 15.5. The molecule has 1 aromatic carbocycles. The van der Waals surface area contributed by atoms with E-state index in [1.165, 1.54) is 0 Å². The lowest BCUT2D eigenvalue weighted by Crippen LogP contribution is -2.24. The van der Waals surface area contributed by atoms with Crippen molar-refractivity contribution < 1.29 is 4.79 Å². The molecule has 1 aromatic rings. The highest BCUT2D eigenvalue weighted by Crippen LogP contribution is 2.32. The molecule has 76 valence electrons. The zero-order valence-electron chi connectivity index (χ0n) is 8.03. The molecular formula is C11H9ClN2O. The second-order valence-electron chi connectivity index (χ2n) is 3.40. The number of hydrogen-bond acceptors (Lipinski definition) is 2. The Morgan fingerprint density at radius 2 is 2.27 bits per heavy atom. The lowest BCUT2D eigenvalue weighted by Gasteiger charge is -2.18. The van der Waals surface area contributed by atoms with E-state index in [4.69, 9.17) is 16.9 Å². The zero-order valence-corrected chi connectivity index (χ0v) is 8.79. The van der Waals surface area contributed by atoms with Crippen molar-refractivity contribution in [2.24, 2.45) is 0 Å². The van der Waals surface area contributed by atoms with Gasteiger partial charge >= 0.3 is 0 Å². The first kappa shape index (κ1) is 10.0. The van der Waals surface area contributed by atoms with Crippen LogP contribution in [-0.2, 0) is 4.79 Å². The zero-order chi connectivity index (χ0) is 10.8. The fourth-order valence-corrected chi connectivity index (χ4v) is 2.04. The van der Waals surface area contributed by atoms with Gasteiger partial charge < -0.3 is 4.90 Å². The van der Waals surface area contributed by atoms with Crippen LogP contribution in [0.15, 0.2) is 18.2 Å². The van der Waals surface area contributed by atoms with Crippen LogP contribution in [0, 0.1) is 11.3 Å². The molecule has 1 saturated heterocycles. The first-order valence-electron chi connectivity index (χ1n) is 4.73. The highest BCUT2D eigenvalue weighted by Gasteiger charge is 2.25. The van der Waals surface area contributed by atoms with E-state index >= 15 is 0 Å². The predicted molar refractivity (Wildman–Crippen MR) is 57.8 cm³/mol. The van der Waals surface area contributed by atoms with E-state index in [1.807, 2.05) is 0 Å². The number of anilines is 1. The molecule has 0 N–H and O–H groups in total. The summed E-state index contributed by atoms with van der Waals surface area (Å²) < 4.78 is 0. The van der Waals surface area contributed by atoms with Gasteiger partial charge in [0.1, 0.15) is 6.07 Å². The van der Waals surface area contributed by atoms with Crippen LogP contribution in [0.4, 0.5) is 5.69 Å². The second kappa shape index (κ2) is 3.92. The predicted octanol–water partition coefficient (Wildman–Crippen LogP) is 2.34. The fourth-order valence-electron chi connectivity index (χ4n) is 1.76. The number of carbonyl (C=O) groups excluding carboxylic acids is 1. The Morgan fingerprint density at radius 1 is 1.47 bits per heavy atom. The van der Waals surface area contributed by atoms with Crippen LogP contribution in [0.1, 0.15) is 18.4 Å². The van der Waals surface area contributed by atoms with Crippen LogP contribution in [-0.4, -0.2) is 12.5 Å². The molecule has 0 aliphatic carbocycles. The van der Waals surface area contributed by atoms with Crippen molar-refractivity contribution in [1.82, 2.24) is 0 Å². The molecule has 0 atom stereocenters. The summed E-state index contributed by atoms with van der Waals surface area (Å²) in [5.41, 5.74) is 1.02. The van der Waals surface area contributed by atoms with Gasteiger partial charge in [-0.2, -0.15) is 5.26 Å². The minimum absolute atomic E-state index is 0.0413. The van der Waals surface area contributed by atoms with Crippen molar-refractivity contribution in [3.05, 3.63) is 28.8 Å². The Kier molecular flexibility index (Phi) is 2.61. The van der Waals surface area contributed by atoms with E-state index < -0.39 is 0 Å². The Morgan fingerprint density at radius 3 is 2.87 bits per heavy atom. The fraction of sp³-hybridized carbons (Fsp3) is 0.273. The largest absolute Gasteiger partial charge is 0.310 e. The maximum absolute atomic E-state index is 11.6. The van der Waals surface area contributed by atoms with Gasteiger partial charge in [-0.15, -0.1) is 0 Å². The molecule has 0 bridgehead atoms. The molecule has 0 spiro atoms. The minimum atomic E-state index is 0.0413. The summed E-state index contributed by atoms with van der Waals surface area (Å²) >= 11 is 6.01. The lowest BCUT2D eigenvalue weighted by atomic mass is 10.2. The summed E-state index contributed by atoms with van der Waals surface area (Å²) in [6, 6.07) is 7.14. The molecule has 0 radical (unpaired) electrons. The van der Waals surface area contributed by atoms with E-state index in [1.54, 1.807) is 23.1 Å². The van der Waals surface area contributed by atoms with Gasteiger partial charge in [0.25, 0.3) is 0 Å². The number of halogens is 1. The van der Waals surface area contributed by atoms with Crippen LogP contribution >= 0.6 is 11.6 Å². The first-order chi connectivity index (χ1) is 7.24. The van der Waals surface area contributed by atoms with Gasteiger partial charge in [0.15, 0.2) is 0 Å². The Balaban J connectivity index is 2.51. The summed E-state index contributed by atoms with van der Waals surface area (Å²) in [6.07, 6.45) is 1.37. The third kappa shape index (κ3) is 1.69.